The highest BCUT2D eigenvalue weighted by atomic mass is 16.5. The van der Waals surface area contributed by atoms with Gasteiger partial charge in [0.2, 0.25) is 0 Å². The molecule has 1 aliphatic carbocycles. The second-order valence-electron chi connectivity index (χ2n) is 5.35. The third-order valence-corrected chi connectivity index (χ3v) is 3.77. The summed E-state index contributed by atoms with van der Waals surface area (Å²) in [5.74, 6) is 6.83. The Morgan fingerprint density at radius 3 is 2.79 bits per heavy atom. The normalized spacial score (nSPS) is 23.3. The molecule has 5 heteroatoms. The number of hydrogen-bond acceptors (Lipinski definition) is 4. The molecule has 1 aliphatic rings. The van der Waals surface area contributed by atoms with Crippen molar-refractivity contribution in [2.45, 2.75) is 52.2 Å². The first kappa shape index (κ1) is 14.1. The fourth-order valence-electron chi connectivity index (χ4n) is 2.51. The average molecular weight is 266 g/mol. The monoisotopic (exact) mass is 266 g/mol. The highest BCUT2D eigenvalue weighted by Gasteiger charge is 2.20. The number of ether oxygens (including phenoxy) is 1. The number of aryl methyl sites for hydroxylation is 1. The van der Waals surface area contributed by atoms with Gasteiger partial charge in [-0.05, 0) is 44.6 Å². The van der Waals surface area contributed by atoms with Gasteiger partial charge in [-0.2, -0.15) is 0 Å². The molecule has 1 heterocycles. The number of nitrogens with one attached hydrogen (secondary N) is 1. The van der Waals surface area contributed by atoms with Crippen molar-refractivity contribution in [3.8, 4) is 0 Å². The number of rotatable bonds is 4. The summed E-state index contributed by atoms with van der Waals surface area (Å²) in [5, 5.41) is 0. The Morgan fingerprint density at radius 2 is 2.16 bits per heavy atom. The molecule has 1 aromatic rings. The van der Waals surface area contributed by atoms with Crippen molar-refractivity contribution in [2.75, 3.05) is 0 Å². The van der Waals surface area contributed by atoms with Gasteiger partial charge in [-0.3, -0.25) is 10.2 Å². The number of nitrogens with two attached hydrogens (primary N) is 1. The van der Waals surface area contributed by atoms with Crippen molar-refractivity contribution in [3.05, 3.63) is 23.2 Å². The minimum atomic E-state index is -0.334. The lowest BCUT2D eigenvalue weighted by Crippen LogP contribution is -2.30. The van der Waals surface area contributed by atoms with Gasteiger partial charge >= 0.3 is 0 Å². The summed E-state index contributed by atoms with van der Waals surface area (Å²) in [5.41, 5.74) is 2.58. The largest absolute Gasteiger partial charge is 0.463 e. The van der Waals surface area contributed by atoms with Crippen molar-refractivity contribution < 1.29 is 13.9 Å². The summed E-state index contributed by atoms with van der Waals surface area (Å²) in [6.07, 6.45) is 4.98. The molecule has 106 valence electrons. The third kappa shape index (κ3) is 3.58. The molecular weight excluding hydrogens is 244 g/mol. The molecule has 5 nitrogen and oxygen atoms in total. The fraction of sp³-hybridized carbons (Fsp3) is 0.643. The summed E-state index contributed by atoms with van der Waals surface area (Å²) in [7, 11) is 0. The van der Waals surface area contributed by atoms with Crippen LogP contribution in [0, 0.1) is 12.8 Å². The maximum atomic E-state index is 11.5. The van der Waals surface area contributed by atoms with Crippen LogP contribution in [0.3, 0.4) is 0 Å². The molecule has 0 saturated heterocycles. The molecule has 19 heavy (non-hydrogen) atoms. The van der Waals surface area contributed by atoms with Gasteiger partial charge in [0.1, 0.15) is 18.1 Å². The predicted molar refractivity (Wildman–Crippen MR) is 71.3 cm³/mol. The smallest absolute Gasteiger partial charge is 0.268 e. The SMILES string of the molecule is Cc1oc(COC2CCC(C)CC2)cc1C(=O)NN. The quantitative estimate of drug-likeness (QED) is 0.498. The third-order valence-electron chi connectivity index (χ3n) is 3.77. The molecule has 0 aliphatic heterocycles. The summed E-state index contributed by atoms with van der Waals surface area (Å²) in [6.45, 7) is 4.44. The maximum Gasteiger partial charge on any atom is 0.268 e. The van der Waals surface area contributed by atoms with Gasteiger partial charge in [-0.15, -0.1) is 0 Å². The number of hydrogen-bond donors (Lipinski definition) is 2. The Labute approximate surface area is 113 Å². The molecule has 0 bridgehead atoms. The van der Waals surface area contributed by atoms with Crippen LogP contribution in [0.4, 0.5) is 0 Å². The van der Waals surface area contributed by atoms with E-state index in [1.54, 1.807) is 13.0 Å². The van der Waals surface area contributed by atoms with Crippen LogP contribution in [-0.4, -0.2) is 12.0 Å². The van der Waals surface area contributed by atoms with Crippen molar-refractivity contribution >= 4 is 5.91 Å². The van der Waals surface area contributed by atoms with Gasteiger partial charge in [0.05, 0.1) is 11.7 Å². The maximum absolute atomic E-state index is 11.5. The Bertz CT molecular complexity index is 434. The number of hydrazine groups is 1. The van der Waals surface area contributed by atoms with Crippen LogP contribution in [0.2, 0.25) is 0 Å². The lowest BCUT2D eigenvalue weighted by molar-refractivity contribution is 0.00103. The van der Waals surface area contributed by atoms with E-state index in [0.29, 0.717) is 29.8 Å². The van der Waals surface area contributed by atoms with Crippen LogP contribution in [0.5, 0.6) is 0 Å². The molecule has 2 rings (SSSR count). The van der Waals surface area contributed by atoms with Crippen LogP contribution < -0.4 is 11.3 Å². The number of nitrogen functional groups attached to an aromatic ring is 1. The zero-order chi connectivity index (χ0) is 13.8. The molecule has 0 spiro atoms. The van der Waals surface area contributed by atoms with Crippen LogP contribution >= 0.6 is 0 Å². The second-order valence-corrected chi connectivity index (χ2v) is 5.35. The lowest BCUT2D eigenvalue weighted by Gasteiger charge is -2.25. The predicted octanol–water partition coefficient (Wildman–Crippen LogP) is 2.29. The summed E-state index contributed by atoms with van der Waals surface area (Å²) >= 11 is 0. The minimum absolute atomic E-state index is 0.313. The van der Waals surface area contributed by atoms with Gasteiger partial charge in [-0.1, -0.05) is 6.92 Å². The Hall–Kier alpha value is -1.33. The molecule has 3 N–H and O–H groups in total. The highest BCUT2D eigenvalue weighted by Crippen LogP contribution is 2.26. The minimum Gasteiger partial charge on any atom is -0.463 e. The number of furan rings is 1. The molecule has 1 saturated carbocycles. The van der Waals surface area contributed by atoms with Gasteiger partial charge in [0, 0.05) is 0 Å². The van der Waals surface area contributed by atoms with E-state index in [2.05, 4.69) is 12.3 Å². The number of carbonyl (C=O) groups is 1. The highest BCUT2D eigenvalue weighted by molar-refractivity contribution is 5.94. The number of amides is 1. The van der Waals surface area contributed by atoms with E-state index >= 15 is 0 Å². The Balaban J connectivity index is 1.88. The van der Waals surface area contributed by atoms with E-state index in [-0.39, 0.29) is 5.91 Å². The molecular formula is C14H22N2O3. The van der Waals surface area contributed by atoms with Gasteiger partial charge < -0.3 is 9.15 Å². The van der Waals surface area contributed by atoms with Crippen LogP contribution in [0.15, 0.2) is 10.5 Å². The molecule has 1 fully saturated rings. The van der Waals surface area contributed by atoms with Crippen LogP contribution in [0.1, 0.15) is 54.5 Å². The van der Waals surface area contributed by atoms with Gasteiger partial charge in [0.25, 0.3) is 5.91 Å². The van der Waals surface area contributed by atoms with Crippen molar-refractivity contribution in [1.82, 2.24) is 5.43 Å². The first-order valence-electron chi connectivity index (χ1n) is 6.82. The van der Waals surface area contributed by atoms with E-state index in [0.717, 1.165) is 18.8 Å². The zero-order valence-electron chi connectivity index (χ0n) is 11.6. The number of carbonyl (C=O) groups excluding carboxylic acids is 1. The van der Waals surface area contributed by atoms with E-state index in [9.17, 15) is 4.79 Å². The van der Waals surface area contributed by atoms with E-state index in [4.69, 9.17) is 15.0 Å². The van der Waals surface area contributed by atoms with Crippen molar-refractivity contribution in [2.24, 2.45) is 11.8 Å². The average Bonchev–Trinajstić information content (AvgIpc) is 2.78. The van der Waals surface area contributed by atoms with Gasteiger partial charge in [0.15, 0.2) is 0 Å². The molecule has 0 radical (unpaired) electrons. The summed E-state index contributed by atoms with van der Waals surface area (Å²) in [6, 6.07) is 1.70. The lowest BCUT2D eigenvalue weighted by atomic mass is 9.89. The van der Waals surface area contributed by atoms with Crippen LogP contribution in [0.25, 0.3) is 0 Å². The standard InChI is InChI=1S/C14H22N2O3/c1-9-3-5-11(6-4-9)18-8-12-7-13(10(2)19-12)14(17)16-15/h7,9,11H,3-6,8,15H2,1-2H3,(H,16,17). The molecule has 1 amide bonds. The summed E-state index contributed by atoms with van der Waals surface area (Å²) in [4.78, 5) is 11.5. The van der Waals surface area contributed by atoms with Crippen molar-refractivity contribution in [3.63, 3.8) is 0 Å². The topological polar surface area (TPSA) is 77.5 Å². The first-order valence-corrected chi connectivity index (χ1v) is 6.82. The van der Waals surface area contributed by atoms with E-state index in [1.807, 2.05) is 0 Å². The van der Waals surface area contributed by atoms with Crippen molar-refractivity contribution in [1.29, 1.82) is 0 Å². The van der Waals surface area contributed by atoms with Gasteiger partial charge in [-0.25, -0.2) is 5.84 Å². The molecule has 1 aromatic heterocycles. The van der Waals surface area contributed by atoms with Crippen LogP contribution in [-0.2, 0) is 11.3 Å². The zero-order valence-corrected chi connectivity index (χ0v) is 11.6. The second kappa shape index (κ2) is 6.21. The molecule has 0 atom stereocenters. The Morgan fingerprint density at radius 1 is 1.47 bits per heavy atom. The first-order chi connectivity index (χ1) is 9.10. The molecule has 0 aromatic carbocycles. The Kier molecular flexibility index (Phi) is 4.61. The fourth-order valence-corrected chi connectivity index (χ4v) is 2.51. The molecule has 0 unspecified atom stereocenters. The van der Waals surface area contributed by atoms with E-state index < -0.39 is 0 Å². The van der Waals surface area contributed by atoms with E-state index in [1.165, 1.54) is 12.8 Å². The summed E-state index contributed by atoms with van der Waals surface area (Å²) < 4.78 is 11.4.